The Morgan fingerprint density at radius 2 is 2.00 bits per heavy atom. The van der Waals surface area contributed by atoms with Gasteiger partial charge in [-0.2, -0.15) is 0 Å². The minimum Gasteiger partial charge on any atom is -0.345 e. The third-order valence-electron chi connectivity index (χ3n) is 4.80. The first-order valence-electron chi connectivity index (χ1n) is 9.17. The third kappa shape index (κ3) is 3.72. The summed E-state index contributed by atoms with van der Waals surface area (Å²) in [5.74, 6) is 5.32. The standard InChI is InChI=1S/C23H19N3O2/c27-22-14-19(23(28)25-13-5-7-17-6-4-12-24-15-17)16-26(22)21-11-3-9-18-8-1-2-10-20(18)21/h1-4,6,8-12,15,19H,13-14,16H2,(H,25,28). The van der Waals surface area contributed by atoms with Gasteiger partial charge in [-0.3, -0.25) is 14.6 Å². The van der Waals surface area contributed by atoms with Crippen molar-refractivity contribution in [1.82, 2.24) is 10.3 Å². The number of rotatable bonds is 3. The number of nitrogens with zero attached hydrogens (tertiary/aromatic N) is 2. The van der Waals surface area contributed by atoms with Crippen molar-refractivity contribution >= 4 is 28.3 Å². The second-order valence-electron chi connectivity index (χ2n) is 6.66. The minimum atomic E-state index is -0.369. The van der Waals surface area contributed by atoms with E-state index in [-0.39, 0.29) is 30.7 Å². The highest BCUT2D eigenvalue weighted by Gasteiger charge is 2.35. The van der Waals surface area contributed by atoms with Crippen LogP contribution in [-0.2, 0) is 9.59 Å². The van der Waals surface area contributed by atoms with E-state index in [9.17, 15) is 9.59 Å². The summed E-state index contributed by atoms with van der Waals surface area (Å²) < 4.78 is 0. The van der Waals surface area contributed by atoms with Gasteiger partial charge in [0.2, 0.25) is 11.8 Å². The predicted octanol–water partition coefficient (Wildman–Crippen LogP) is 2.76. The van der Waals surface area contributed by atoms with Crippen LogP contribution >= 0.6 is 0 Å². The van der Waals surface area contributed by atoms with Gasteiger partial charge in [0.05, 0.1) is 18.2 Å². The van der Waals surface area contributed by atoms with Crippen LogP contribution in [0.5, 0.6) is 0 Å². The molecular formula is C23H19N3O2. The summed E-state index contributed by atoms with van der Waals surface area (Å²) in [5.41, 5.74) is 1.66. The second kappa shape index (κ2) is 7.93. The molecule has 0 bridgehead atoms. The van der Waals surface area contributed by atoms with E-state index in [0.29, 0.717) is 6.54 Å². The topological polar surface area (TPSA) is 62.3 Å². The van der Waals surface area contributed by atoms with Crippen molar-refractivity contribution in [3.8, 4) is 11.8 Å². The Balaban J connectivity index is 1.42. The lowest BCUT2D eigenvalue weighted by Crippen LogP contribution is -2.33. The number of amides is 2. The molecule has 1 aromatic heterocycles. The van der Waals surface area contributed by atoms with E-state index in [1.54, 1.807) is 17.3 Å². The normalized spacial score (nSPS) is 15.9. The summed E-state index contributed by atoms with van der Waals surface area (Å²) in [6, 6.07) is 17.5. The highest BCUT2D eigenvalue weighted by atomic mass is 16.2. The highest BCUT2D eigenvalue weighted by Crippen LogP contribution is 2.31. The van der Waals surface area contributed by atoms with Crippen LogP contribution in [0.25, 0.3) is 10.8 Å². The number of carbonyl (C=O) groups is 2. The third-order valence-corrected chi connectivity index (χ3v) is 4.80. The number of pyridine rings is 1. The van der Waals surface area contributed by atoms with Crippen molar-refractivity contribution in [3.05, 3.63) is 72.6 Å². The molecule has 1 unspecified atom stereocenters. The summed E-state index contributed by atoms with van der Waals surface area (Å²) in [7, 11) is 0. The number of benzene rings is 2. The first-order valence-corrected chi connectivity index (χ1v) is 9.17. The highest BCUT2D eigenvalue weighted by molar-refractivity contribution is 6.06. The number of carbonyl (C=O) groups excluding carboxylic acids is 2. The average Bonchev–Trinajstić information content (AvgIpc) is 3.13. The number of nitrogens with one attached hydrogen (secondary N) is 1. The van der Waals surface area contributed by atoms with Crippen molar-refractivity contribution in [2.75, 3.05) is 18.0 Å². The molecule has 28 heavy (non-hydrogen) atoms. The predicted molar refractivity (Wildman–Crippen MR) is 109 cm³/mol. The molecule has 3 aromatic rings. The Morgan fingerprint density at radius 3 is 2.86 bits per heavy atom. The van der Waals surface area contributed by atoms with Gasteiger partial charge in [-0.05, 0) is 23.6 Å². The molecule has 1 N–H and O–H groups in total. The maximum atomic E-state index is 12.6. The smallest absolute Gasteiger partial charge is 0.227 e. The quantitative estimate of drug-likeness (QED) is 0.722. The molecule has 2 heterocycles. The van der Waals surface area contributed by atoms with E-state index in [1.807, 2.05) is 54.6 Å². The van der Waals surface area contributed by atoms with E-state index >= 15 is 0 Å². The summed E-state index contributed by atoms with van der Waals surface area (Å²) in [4.78, 5) is 30.7. The van der Waals surface area contributed by atoms with E-state index in [1.165, 1.54) is 0 Å². The molecule has 138 valence electrons. The van der Waals surface area contributed by atoms with Crippen molar-refractivity contribution in [3.63, 3.8) is 0 Å². The maximum Gasteiger partial charge on any atom is 0.227 e. The van der Waals surface area contributed by atoms with Gasteiger partial charge in [0.25, 0.3) is 0 Å². The van der Waals surface area contributed by atoms with Gasteiger partial charge >= 0.3 is 0 Å². The van der Waals surface area contributed by atoms with Gasteiger partial charge < -0.3 is 10.2 Å². The van der Waals surface area contributed by atoms with Crippen molar-refractivity contribution in [2.45, 2.75) is 6.42 Å². The molecule has 0 radical (unpaired) electrons. The van der Waals surface area contributed by atoms with Crippen LogP contribution < -0.4 is 10.2 Å². The lowest BCUT2D eigenvalue weighted by Gasteiger charge is -2.19. The van der Waals surface area contributed by atoms with E-state index in [0.717, 1.165) is 22.0 Å². The van der Waals surface area contributed by atoms with E-state index in [4.69, 9.17) is 0 Å². The number of aromatic nitrogens is 1. The lowest BCUT2D eigenvalue weighted by molar-refractivity contribution is -0.126. The molecule has 2 amide bonds. The van der Waals surface area contributed by atoms with Crippen LogP contribution in [0.3, 0.4) is 0 Å². The fourth-order valence-electron chi connectivity index (χ4n) is 3.42. The molecule has 1 aliphatic rings. The number of fused-ring (bicyclic) bond motifs is 1. The van der Waals surface area contributed by atoms with Crippen LogP contribution in [0.2, 0.25) is 0 Å². The maximum absolute atomic E-state index is 12.6. The molecule has 0 spiro atoms. The van der Waals surface area contributed by atoms with Crippen LogP contribution in [0.15, 0.2) is 67.0 Å². The van der Waals surface area contributed by atoms with Crippen molar-refractivity contribution < 1.29 is 9.59 Å². The molecule has 0 saturated carbocycles. The molecule has 5 heteroatoms. The SMILES string of the molecule is O=C(NCC#Cc1cccnc1)C1CC(=O)N(c2cccc3ccccc23)C1. The molecule has 1 saturated heterocycles. The monoisotopic (exact) mass is 369 g/mol. The van der Waals surface area contributed by atoms with Crippen LogP contribution in [0, 0.1) is 17.8 Å². The number of hydrogen-bond acceptors (Lipinski definition) is 3. The molecule has 4 rings (SSSR count). The Kier molecular flexibility index (Phi) is 5.03. The molecule has 5 nitrogen and oxygen atoms in total. The van der Waals surface area contributed by atoms with Crippen molar-refractivity contribution in [1.29, 1.82) is 0 Å². The van der Waals surface area contributed by atoms with Crippen LogP contribution in [-0.4, -0.2) is 29.9 Å². The number of hydrogen-bond donors (Lipinski definition) is 1. The minimum absolute atomic E-state index is 0.0297. The summed E-state index contributed by atoms with van der Waals surface area (Å²) in [6.07, 6.45) is 3.57. The molecular weight excluding hydrogens is 350 g/mol. The molecule has 0 aliphatic carbocycles. The van der Waals surface area contributed by atoms with Crippen LogP contribution in [0.4, 0.5) is 5.69 Å². The summed E-state index contributed by atoms with van der Waals surface area (Å²) >= 11 is 0. The summed E-state index contributed by atoms with van der Waals surface area (Å²) in [5, 5.41) is 4.90. The Hall–Kier alpha value is -3.65. The fraction of sp³-hybridized carbons (Fsp3) is 0.174. The lowest BCUT2D eigenvalue weighted by atomic mass is 10.1. The van der Waals surface area contributed by atoms with Gasteiger partial charge in [0, 0.05) is 36.3 Å². The van der Waals surface area contributed by atoms with E-state index < -0.39 is 0 Å². The first kappa shape index (κ1) is 17.7. The average molecular weight is 369 g/mol. The molecule has 1 atom stereocenters. The first-order chi connectivity index (χ1) is 13.7. The zero-order valence-corrected chi connectivity index (χ0v) is 15.3. The van der Waals surface area contributed by atoms with Gasteiger partial charge in [-0.15, -0.1) is 0 Å². The van der Waals surface area contributed by atoms with Gasteiger partial charge in [0.15, 0.2) is 0 Å². The summed E-state index contributed by atoms with van der Waals surface area (Å²) in [6.45, 7) is 0.626. The van der Waals surface area contributed by atoms with Gasteiger partial charge in [0.1, 0.15) is 0 Å². The molecule has 2 aromatic carbocycles. The zero-order valence-electron chi connectivity index (χ0n) is 15.3. The van der Waals surface area contributed by atoms with Gasteiger partial charge in [-0.1, -0.05) is 48.2 Å². The zero-order chi connectivity index (χ0) is 19.3. The van der Waals surface area contributed by atoms with E-state index in [2.05, 4.69) is 22.1 Å². The Labute approximate surface area is 163 Å². The Bertz CT molecular complexity index is 1080. The molecule has 1 aliphatic heterocycles. The second-order valence-corrected chi connectivity index (χ2v) is 6.66. The fourth-order valence-corrected chi connectivity index (χ4v) is 3.42. The Morgan fingerprint density at radius 1 is 1.14 bits per heavy atom. The van der Waals surface area contributed by atoms with Gasteiger partial charge in [-0.25, -0.2) is 0 Å². The largest absolute Gasteiger partial charge is 0.345 e. The number of anilines is 1. The van der Waals surface area contributed by atoms with Crippen molar-refractivity contribution in [2.24, 2.45) is 5.92 Å². The molecule has 1 fully saturated rings. The van der Waals surface area contributed by atoms with Crippen LogP contribution in [0.1, 0.15) is 12.0 Å².